The first kappa shape index (κ1) is 18.6. The zero-order valence-corrected chi connectivity index (χ0v) is 15.7. The summed E-state index contributed by atoms with van der Waals surface area (Å²) in [6.07, 6.45) is 4.34. The highest BCUT2D eigenvalue weighted by Gasteiger charge is 2.19. The molecule has 142 valence electrons. The van der Waals surface area contributed by atoms with Gasteiger partial charge < -0.3 is 19.3 Å². The number of hydrogen-bond acceptors (Lipinski definition) is 6. The molecule has 3 rings (SSSR count). The molecule has 0 aliphatic carbocycles. The van der Waals surface area contributed by atoms with Gasteiger partial charge in [0.1, 0.15) is 12.0 Å². The van der Waals surface area contributed by atoms with Crippen molar-refractivity contribution in [2.75, 3.05) is 7.05 Å². The predicted molar refractivity (Wildman–Crippen MR) is 98.5 cm³/mol. The number of nitrogens with zero attached hydrogens (tertiary/aromatic N) is 6. The van der Waals surface area contributed by atoms with Gasteiger partial charge in [-0.1, -0.05) is 18.1 Å². The van der Waals surface area contributed by atoms with Crippen molar-refractivity contribution < 1.29 is 9.32 Å². The van der Waals surface area contributed by atoms with Crippen LogP contribution in [0.15, 0.2) is 41.3 Å². The van der Waals surface area contributed by atoms with E-state index in [9.17, 15) is 4.79 Å². The highest BCUT2D eigenvalue weighted by atomic mass is 16.5. The Labute approximate surface area is 157 Å². The van der Waals surface area contributed by atoms with Crippen molar-refractivity contribution >= 4 is 6.03 Å². The fourth-order valence-corrected chi connectivity index (χ4v) is 2.70. The van der Waals surface area contributed by atoms with Crippen molar-refractivity contribution in [2.24, 2.45) is 0 Å². The molecule has 1 unspecified atom stereocenters. The molecule has 3 heterocycles. The molecule has 1 N–H and O–H groups in total. The minimum absolute atomic E-state index is 0.232. The van der Waals surface area contributed by atoms with Gasteiger partial charge in [-0.05, 0) is 25.5 Å². The van der Waals surface area contributed by atoms with Crippen LogP contribution in [0.3, 0.4) is 0 Å². The summed E-state index contributed by atoms with van der Waals surface area (Å²) < 4.78 is 7.28. The Morgan fingerprint density at radius 2 is 2.22 bits per heavy atom. The topological polar surface area (TPSA) is 102 Å². The predicted octanol–water partition coefficient (Wildman–Crippen LogP) is 2.64. The lowest BCUT2D eigenvalue weighted by atomic mass is 10.2. The first-order valence-corrected chi connectivity index (χ1v) is 8.84. The third-order valence-electron chi connectivity index (χ3n) is 4.06. The van der Waals surface area contributed by atoms with Crippen molar-refractivity contribution in [1.82, 2.24) is 35.1 Å². The number of rotatable bonds is 7. The number of carbonyl (C=O) groups excluding carboxylic acids is 1. The van der Waals surface area contributed by atoms with Gasteiger partial charge in [-0.2, -0.15) is 0 Å². The molecule has 0 saturated heterocycles. The van der Waals surface area contributed by atoms with Gasteiger partial charge in [0, 0.05) is 25.9 Å². The maximum Gasteiger partial charge on any atom is 0.318 e. The van der Waals surface area contributed by atoms with Crippen LogP contribution in [0.4, 0.5) is 4.79 Å². The van der Waals surface area contributed by atoms with Crippen LogP contribution in [0.25, 0.3) is 11.4 Å². The van der Waals surface area contributed by atoms with E-state index >= 15 is 0 Å². The Hall–Kier alpha value is -3.23. The second-order valence-electron chi connectivity index (χ2n) is 6.30. The van der Waals surface area contributed by atoms with E-state index in [0.717, 1.165) is 24.5 Å². The lowest BCUT2D eigenvalue weighted by Gasteiger charge is -2.20. The molecule has 1 atom stereocenters. The van der Waals surface area contributed by atoms with E-state index in [1.54, 1.807) is 25.6 Å². The zero-order chi connectivity index (χ0) is 19.2. The molecule has 0 spiro atoms. The van der Waals surface area contributed by atoms with Gasteiger partial charge in [0.2, 0.25) is 0 Å². The Morgan fingerprint density at radius 3 is 2.96 bits per heavy atom. The maximum atomic E-state index is 12.5. The van der Waals surface area contributed by atoms with E-state index in [0.29, 0.717) is 18.0 Å². The van der Waals surface area contributed by atoms with Crippen molar-refractivity contribution in [3.05, 3.63) is 48.4 Å². The van der Waals surface area contributed by atoms with Gasteiger partial charge in [-0.3, -0.25) is 4.98 Å². The van der Waals surface area contributed by atoms with E-state index < -0.39 is 0 Å². The van der Waals surface area contributed by atoms with Gasteiger partial charge in [0.05, 0.1) is 18.3 Å². The molecule has 0 aliphatic heterocycles. The summed E-state index contributed by atoms with van der Waals surface area (Å²) in [4.78, 5) is 18.2. The van der Waals surface area contributed by atoms with E-state index in [1.165, 1.54) is 4.90 Å². The van der Waals surface area contributed by atoms with E-state index in [1.807, 2.05) is 29.7 Å². The summed E-state index contributed by atoms with van der Waals surface area (Å²) >= 11 is 0. The molecule has 27 heavy (non-hydrogen) atoms. The third-order valence-corrected chi connectivity index (χ3v) is 4.06. The summed E-state index contributed by atoms with van der Waals surface area (Å²) in [5, 5.41) is 15.0. The van der Waals surface area contributed by atoms with Crippen LogP contribution in [0.2, 0.25) is 0 Å². The summed E-state index contributed by atoms with van der Waals surface area (Å²) in [5.41, 5.74) is 1.36. The van der Waals surface area contributed by atoms with Crippen LogP contribution in [-0.4, -0.2) is 42.9 Å². The number of aryl methyl sites for hydroxylation is 1. The Morgan fingerprint density at radius 1 is 1.37 bits per heavy atom. The highest BCUT2D eigenvalue weighted by Crippen LogP contribution is 2.17. The molecular formula is C18H23N7O2. The van der Waals surface area contributed by atoms with E-state index in [4.69, 9.17) is 4.52 Å². The number of hydrogen-bond donors (Lipinski definition) is 1. The van der Waals surface area contributed by atoms with Crippen LogP contribution in [0.5, 0.6) is 0 Å². The summed E-state index contributed by atoms with van der Waals surface area (Å²) in [7, 11) is 1.70. The second-order valence-corrected chi connectivity index (χ2v) is 6.30. The lowest BCUT2D eigenvalue weighted by Crippen LogP contribution is -2.38. The maximum absolute atomic E-state index is 12.5. The zero-order valence-electron chi connectivity index (χ0n) is 15.7. The number of pyridine rings is 1. The van der Waals surface area contributed by atoms with Crippen molar-refractivity contribution in [3.8, 4) is 11.4 Å². The number of amides is 2. The summed E-state index contributed by atoms with van der Waals surface area (Å²) in [6.45, 7) is 5.07. The standard InChI is InChI=1S/C18H23N7O2/c1-4-9-25-12-20-22-17(25)13(2)21-18(26)24(3)11-14-10-16(23-27-14)15-7-5-6-8-19-15/h5-8,10,12-13H,4,9,11H2,1-3H3,(H,21,26). The van der Waals surface area contributed by atoms with Gasteiger partial charge in [0.15, 0.2) is 11.6 Å². The van der Waals surface area contributed by atoms with Gasteiger partial charge >= 0.3 is 6.03 Å². The van der Waals surface area contributed by atoms with Crippen molar-refractivity contribution in [1.29, 1.82) is 0 Å². The molecule has 9 heteroatoms. The molecule has 0 saturated carbocycles. The number of nitrogens with one attached hydrogen (secondary N) is 1. The average molecular weight is 369 g/mol. The molecular weight excluding hydrogens is 346 g/mol. The third kappa shape index (κ3) is 4.49. The smallest absolute Gasteiger partial charge is 0.318 e. The average Bonchev–Trinajstić information content (AvgIpc) is 3.32. The molecule has 3 aromatic heterocycles. The fraction of sp³-hybridized carbons (Fsp3) is 0.389. The Kier molecular flexibility index (Phi) is 5.80. The Balaban J connectivity index is 1.59. The SMILES string of the molecule is CCCn1cnnc1C(C)NC(=O)N(C)Cc1cc(-c2ccccn2)no1. The van der Waals surface area contributed by atoms with Crippen molar-refractivity contribution in [2.45, 2.75) is 39.4 Å². The molecule has 2 amide bonds. The minimum Gasteiger partial charge on any atom is -0.359 e. The normalized spacial score (nSPS) is 12.0. The quantitative estimate of drug-likeness (QED) is 0.687. The van der Waals surface area contributed by atoms with Crippen LogP contribution >= 0.6 is 0 Å². The molecule has 9 nitrogen and oxygen atoms in total. The lowest BCUT2D eigenvalue weighted by molar-refractivity contribution is 0.197. The fourth-order valence-electron chi connectivity index (χ4n) is 2.70. The first-order chi connectivity index (χ1) is 13.1. The molecule has 0 aromatic carbocycles. The summed E-state index contributed by atoms with van der Waals surface area (Å²) in [5.74, 6) is 1.31. The highest BCUT2D eigenvalue weighted by molar-refractivity contribution is 5.74. The van der Waals surface area contributed by atoms with Crippen LogP contribution in [0, 0.1) is 0 Å². The largest absolute Gasteiger partial charge is 0.359 e. The summed E-state index contributed by atoms with van der Waals surface area (Å²) in [6, 6.07) is 6.87. The first-order valence-electron chi connectivity index (χ1n) is 8.84. The number of carbonyl (C=O) groups is 1. The second kappa shape index (κ2) is 8.43. The monoisotopic (exact) mass is 369 g/mol. The van der Waals surface area contributed by atoms with E-state index in [-0.39, 0.29) is 12.1 Å². The Bertz CT molecular complexity index is 875. The molecule has 3 aromatic rings. The van der Waals surface area contributed by atoms with Gasteiger partial charge in [-0.15, -0.1) is 10.2 Å². The van der Waals surface area contributed by atoms with E-state index in [2.05, 4.69) is 32.6 Å². The number of urea groups is 1. The van der Waals surface area contributed by atoms with Crippen LogP contribution in [0.1, 0.15) is 37.9 Å². The minimum atomic E-state index is -0.257. The van der Waals surface area contributed by atoms with Crippen molar-refractivity contribution in [3.63, 3.8) is 0 Å². The van der Waals surface area contributed by atoms with Gasteiger partial charge in [-0.25, -0.2) is 4.79 Å². The van der Waals surface area contributed by atoms with Gasteiger partial charge in [0.25, 0.3) is 0 Å². The molecule has 0 fully saturated rings. The van der Waals surface area contributed by atoms with Crippen LogP contribution < -0.4 is 5.32 Å². The van der Waals surface area contributed by atoms with Crippen LogP contribution in [-0.2, 0) is 13.1 Å². The molecule has 0 aliphatic rings. The number of aromatic nitrogens is 5. The molecule has 0 bridgehead atoms. The molecule has 0 radical (unpaired) electrons.